The van der Waals surface area contributed by atoms with Crippen LogP contribution in [0.2, 0.25) is 0 Å². The van der Waals surface area contributed by atoms with Crippen molar-refractivity contribution in [1.29, 1.82) is 0 Å². The van der Waals surface area contributed by atoms with Crippen LogP contribution in [-0.2, 0) is 6.54 Å². The lowest BCUT2D eigenvalue weighted by atomic mass is 10.1. The van der Waals surface area contributed by atoms with E-state index in [1.54, 1.807) is 13.1 Å². The fraction of sp³-hybridized carbons (Fsp3) is 0.263. The molecule has 0 radical (unpaired) electrons. The molecule has 1 aromatic carbocycles. The van der Waals surface area contributed by atoms with E-state index in [1.165, 1.54) is 0 Å². The van der Waals surface area contributed by atoms with Crippen molar-refractivity contribution in [3.8, 4) is 0 Å². The Morgan fingerprint density at radius 1 is 1.07 bits per heavy atom. The molecule has 0 aliphatic carbocycles. The van der Waals surface area contributed by atoms with Gasteiger partial charge in [-0.25, -0.2) is 0 Å². The van der Waals surface area contributed by atoms with E-state index in [-0.39, 0.29) is 5.91 Å². The summed E-state index contributed by atoms with van der Waals surface area (Å²) in [6.45, 7) is 3.49. The van der Waals surface area contributed by atoms with E-state index >= 15 is 0 Å². The Bertz CT molecular complexity index is 948. The average molecular weight is 365 g/mol. The second-order valence-corrected chi connectivity index (χ2v) is 6.02. The number of aliphatic imine (C=N–C) groups is 1. The molecule has 0 aliphatic heterocycles. The van der Waals surface area contributed by atoms with Crippen LogP contribution in [0.5, 0.6) is 0 Å². The summed E-state index contributed by atoms with van der Waals surface area (Å²) in [6, 6.07) is 13.3. The summed E-state index contributed by atoms with van der Waals surface area (Å²) in [5.74, 6) is 1.34. The predicted molar refractivity (Wildman–Crippen MR) is 105 cm³/mol. The van der Waals surface area contributed by atoms with E-state index in [9.17, 15) is 4.79 Å². The van der Waals surface area contributed by atoms with Crippen molar-refractivity contribution in [2.24, 2.45) is 4.99 Å². The lowest BCUT2D eigenvalue weighted by molar-refractivity contribution is 0.0954. The number of aryl methyl sites for hydroxylation is 1. The molecule has 0 bridgehead atoms. The molecule has 2 heterocycles. The van der Waals surface area contributed by atoms with Crippen molar-refractivity contribution in [3.63, 3.8) is 0 Å². The van der Waals surface area contributed by atoms with Crippen molar-refractivity contribution in [2.45, 2.75) is 13.5 Å². The molecule has 3 N–H and O–H groups in total. The molecule has 8 heteroatoms. The summed E-state index contributed by atoms with van der Waals surface area (Å²) in [7, 11) is 1.70. The number of benzene rings is 1. The zero-order valence-corrected chi connectivity index (χ0v) is 15.4. The molecule has 0 saturated carbocycles. The zero-order chi connectivity index (χ0) is 19.1. The number of hydrogen-bond donors (Lipinski definition) is 3. The molecule has 0 aliphatic rings. The van der Waals surface area contributed by atoms with Gasteiger partial charge in [-0.1, -0.05) is 23.8 Å². The highest BCUT2D eigenvalue weighted by Gasteiger charge is 2.07. The van der Waals surface area contributed by atoms with Gasteiger partial charge in [-0.15, -0.1) is 10.2 Å². The van der Waals surface area contributed by atoms with Crippen molar-refractivity contribution >= 4 is 17.5 Å². The number of amides is 1. The molecule has 2 aromatic heterocycles. The number of rotatable bonds is 6. The Balaban J connectivity index is 1.43. The maximum atomic E-state index is 12.1. The third kappa shape index (κ3) is 4.81. The first kappa shape index (κ1) is 18.4. The minimum absolute atomic E-state index is 0.0848. The Morgan fingerprint density at radius 3 is 2.74 bits per heavy atom. The topological polar surface area (TPSA) is 95.7 Å². The molecule has 1 amide bonds. The molecule has 0 saturated heterocycles. The fourth-order valence-electron chi connectivity index (χ4n) is 2.64. The molecule has 3 aromatic rings. The second kappa shape index (κ2) is 8.79. The lowest BCUT2D eigenvalue weighted by Gasteiger charge is -2.12. The van der Waals surface area contributed by atoms with Gasteiger partial charge in [0, 0.05) is 31.9 Å². The molecule has 27 heavy (non-hydrogen) atoms. The largest absolute Gasteiger partial charge is 0.355 e. The number of hydrogen-bond acceptors (Lipinski definition) is 4. The average Bonchev–Trinajstić information content (AvgIpc) is 3.10. The Morgan fingerprint density at radius 2 is 1.93 bits per heavy atom. The smallest absolute Gasteiger partial charge is 0.251 e. The van der Waals surface area contributed by atoms with Gasteiger partial charge < -0.3 is 16.0 Å². The van der Waals surface area contributed by atoms with Crippen LogP contribution in [0.1, 0.15) is 21.7 Å². The van der Waals surface area contributed by atoms with Crippen molar-refractivity contribution in [1.82, 2.24) is 30.5 Å². The maximum Gasteiger partial charge on any atom is 0.251 e. The zero-order valence-electron chi connectivity index (χ0n) is 15.4. The summed E-state index contributed by atoms with van der Waals surface area (Å²) in [5.41, 5.74) is 2.53. The number of fused-ring (bicyclic) bond motifs is 1. The van der Waals surface area contributed by atoms with Crippen molar-refractivity contribution < 1.29 is 4.79 Å². The number of nitrogens with one attached hydrogen (secondary N) is 3. The van der Waals surface area contributed by atoms with Crippen LogP contribution in [-0.4, -0.2) is 46.6 Å². The number of aromatic nitrogens is 3. The number of pyridine rings is 1. The quantitative estimate of drug-likeness (QED) is 0.346. The fourth-order valence-corrected chi connectivity index (χ4v) is 2.64. The Hall–Kier alpha value is -3.42. The van der Waals surface area contributed by atoms with Crippen LogP contribution >= 0.6 is 0 Å². The van der Waals surface area contributed by atoms with Gasteiger partial charge in [0.25, 0.3) is 5.91 Å². The summed E-state index contributed by atoms with van der Waals surface area (Å²) < 4.78 is 1.92. The first-order valence-corrected chi connectivity index (χ1v) is 8.75. The Labute approximate surface area is 157 Å². The van der Waals surface area contributed by atoms with E-state index in [0.717, 1.165) is 17.0 Å². The van der Waals surface area contributed by atoms with Crippen LogP contribution in [0.15, 0.2) is 53.7 Å². The SMILES string of the molecule is CN=C(NCCNC(=O)c1cccc(C)c1)NCc1nnc2ccccn12. The van der Waals surface area contributed by atoms with Crippen molar-refractivity contribution in [3.05, 3.63) is 65.6 Å². The molecule has 0 fully saturated rings. The van der Waals surface area contributed by atoms with Crippen LogP contribution in [0.3, 0.4) is 0 Å². The van der Waals surface area contributed by atoms with Crippen LogP contribution in [0.4, 0.5) is 0 Å². The molecule has 140 valence electrons. The van der Waals surface area contributed by atoms with Gasteiger partial charge in [0.05, 0.1) is 6.54 Å². The van der Waals surface area contributed by atoms with Gasteiger partial charge in [-0.05, 0) is 31.2 Å². The highest BCUT2D eigenvalue weighted by atomic mass is 16.1. The van der Waals surface area contributed by atoms with Gasteiger partial charge >= 0.3 is 0 Å². The van der Waals surface area contributed by atoms with Crippen LogP contribution in [0.25, 0.3) is 5.65 Å². The van der Waals surface area contributed by atoms with E-state index in [1.807, 2.05) is 53.9 Å². The monoisotopic (exact) mass is 365 g/mol. The summed E-state index contributed by atoms with van der Waals surface area (Å²) in [6.07, 6.45) is 1.92. The van der Waals surface area contributed by atoms with Gasteiger partial charge in [-0.3, -0.25) is 14.2 Å². The highest BCUT2D eigenvalue weighted by Crippen LogP contribution is 2.03. The van der Waals surface area contributed by atoms with E-state index in [4.69, 9.17) is 0 Å². The van der Waals surface area contributed by atoms with Crippen LogP contribution < -0.4 is 16.0 Å². The van der Waals surface area contributed by atoms with E-state index in [2.05, 4.69) is 31.1 Å². The molecule has 0 unspecified atom stereocenters. The normalized spacial score (nSPS) is 11.4. The van der Waals surface area contributed by atoms with E-state index in [0.29, 0.717) is 31.2 Å². The first-order valence-electron chi connectivity index (χ1n) is 8.75. The summed E-state index contributed by atoms with van der Waals surface area (Å²) >= 11 is 0. The third-order valence-corrected chi connectivity index (χ3v) is 4.01. The highest BCUT2D eigenvalue weighted by molar-refractivity contribution is 5.94. The van der Waals surface area contributed by atoms with Gasteiger partial charge in [0.15, 0.2) is 17.4 Å². The predicted octanol–water partition coefficient (Wildman–Crippen LogP) is 1.13. The second-order valence-electron chi connectivity index (χ2n) is 6.02. The number of carbonyl (C=O) groups excluding carboxylic acids is 1. The van der Waals surface area contributed by atoms with Gasteiger partial charge in [-0.2, -0.15) is 0 Å². The van der Waals surface area contributed by atoms with Gasteiger partial charge in [0.1, 0.15) is 0 Å². The number of nitrogens with zero attached hydrogens (tertiary/aromatic N) is 4. The molecular weight excluding hydrogens is 342 g/mol. The molecule has 3 rings (SSSR count). The first-order chi connectivity index (χ1) is 13.2. The van der Waals surface area contributed by atoms with E-state index < -0.39 is 0 Å². The summed E-state index contributed by atoms with van der Waals surface area (Å²) in [5, 5.41) is 17.5. The lowest BCUT2D eigenvalue weighted by Crippen LogP contribution is -2.41. The molecule has 0 spiro atoms. The Kier molecular flexibility index (Phi) is 5.98. The third-order valence-electron chi connectivity index (χ3n) is 4.01. The standard InChI is InChI=1S/C19H23N7O/c1-14-6-5-7-15(12-14)18(27)21-9-10-22-19(20-2)23-13-17-25-24-16-8-3-4-11-26(16)17/h3-8,11-12H,9-10,13H2,1-2H3,(H,21,27)(H2,20,22,23). The molecule has 0 atom stereocenters. The summed E-state index contributed by atoms with van der Waals surface area (Å²) in [4.78, 5) is 16.3. The van der Waals surface area contributed by atoms with Gasteiger partial charge in [0.2, 0.25) is 0 Å². The van der Waals surface area contributed by atoms with Crippen LogP contribution in [0, 0.1) is 6.92 Å². The maximum absolute atomic E-state index is 12.1. The minimum atomic E-state index is -0.0848. The number of carbonyl (C=O) groups is 1. The molecule has 8 nitrogen and oxygen atoms in total. The van der Waals surface area contributed by atoms with Crippen molar-refractivity contribution in [2.75, 3.05) is 20.1 Å². The minimum Gasteiger partial charge on any atom is -0.355 e. The number of guanidine groups is 1. The molecular formula is C19H23N7O.